The van der Waals surface area contributed by atoms with Crippen LogP contribution in [0.5, 0.6) is 5.75 Å². The second-order valence-electron chi connectivity index (χ2n) is 5.74. The molecule has 1 aromatic carbocycles. The Morgan fingerprint density at radius 2 is 2.06 bits per heavy atom. The summed E-state index contributed by atoms with van der Waals surface area (Å²) < 4.78 is 5.17. The van der Waals surface area contributed by atoms with E-state index in [4.69, 9.17) is 4.74 Å². The molecule has 100 valence electrons. The lowest BCUT2D eigenvalue weighted by atomic mass is 9.80. The molecule has 18 heavy (non-hydrogen) atoms. The lowest BCUT2D eigenvalue weighted by Crippen LogP contribution is -2.52. The molecule has 0 amide bonds. The van der Waals surface area contributed by atoms with Gasteiger partial charge in [0.05, 0.1) is 7.11 Å². The summed E-state index contributed by atoms with van der Waals surface area (Å²) in [5.74, 6) is 0.918. The molecular weight excluding hydrogens is 224 g/mol. The molecule has 1 saturated heterocycles. The summed E-state index contributed by atoms with van der Waals surface area (Å²) in [5, 5.41) is 7.15. The van der Waals surface area contributed by atoms with Gasteiger partial charge in [0, 0.05) is 19.1 Å². The molecule has 1 fully saturated rings. The average molecular weight is 248 g/mol. The highest BCUT2D eigenvalue weighted by Gasteiger charge is 2.31. The highest BCUT2D eigenvalue weighted by atomic mass is 16.5. The molecule has 0 bridgehead atoms. The van der Waals surface area contributed by atoms with E-state index in [-0.39, 0.29) is 0 Å². The van der Waals surface area contributed by atoms with E-state index in [0.717, 1.165) is 25.4 Å². The second kappa shape index (κ2) is 5.72. The third-order valence-corrected chi connectivity index (χ3v) is 3.85. The number of ether oxygens (including phenoxy) is 1. The van der Waals surface area contributed by atoms with E-state index in [2.05, 4.69) is 36.6 Å². The van der Waals surface area contributed by atoms with Crippen LogP contribution in [0.25, 0.3) is 0 Å². The Balaban J connectivity index is 1.90. The minimum Gasteiger partial charge on any atom is -0.497 e. The van der Waals surface area contributed by atoms with Crippen molar-refractivity contribution in [3.63, 3.8) is 0 Å². The van der Waals surface area contributed by atoms with Gasteiger partial charge in [0.25, 0.3) is 0 Å². The summed E-state index contributed by atoms with van der Waals surface area (Å²) in [4.78, 5) is 0. The maximum atomic E-state index is 5.17. The molecule has 2 N–H and O–H groups in total. The van der Waals surface area contributed by atoms with Crippen LogP contribution in [0.3, 0.4) is 0 Å². The van der Waals surface area contributed by atoms with Crippen molar-refractivity contribution in [3.8, 4) is 5.75 Å². The van der Waals surface area contributed by atoms with Gasteiger partial charge in [0.2, 0.25) is 0 Å². The summed E-state index contributed by atoms with van der Waals surface area (Å²) in [7, 11) is 1.70. The second-order valence-corrected chi connectivity index (χ2v) is 5.74. The molecule has 0 spiro atoms. The van der Waals surface area contributed by atoms with Crippen molar-refractivity contribution < 1.29 is 4.74 Å². The highest BCUT2D eigenvalue weighted by molar-refractivity contribution is 5.27. The fraction of sp³-hybridized carbons (Fsp3) is 0.600. The lowest BCUT2D eigenvalue weighted by Gasteiger charge is -2.39. The fourth-order valence-electron chi connectivity index (χ4n) is 2.53. The summed E-state index contributed by atoms with van der Waals surface area (Å²) in [6.07, 6.45) is 1.20. The Morgan fingerprint density at radius 3 is 2.67 bits per heavy atom. The van der Waals surface area contributed by atoms with Crippen molar-refractivity contribution in [2.24, 2.45) is 5.41 Å². The van der Waals surface area contributed by atoms with Crippen molar-refractivity contribution >= 4 is 0 Å². The molecule has 0 radical (unpaired) electrons. The minimum atomic E-state index is 0.324. The molecule has 1 heterocycles. The normalized spacial score (nSPS) is 22.7. The molecule has 0 aromatic heterocycles. The quantitative estimate of drug-likeness (QED) is 0.857. The number of nitrogens with one attached hydrogen (secondary N) is 2. The Morgan fingerprint density at radius 1 is 1.33 bits per heavy atom. The summed E-state index contributed by atoms with van der Waals surface area (Å²) in [6.45, 7) is 7.78. The minimum absolute atomic E-state index is 0.324. The average Bonchev–Trinajstić information content (AvgIpc) is 2.38. The van der Waals surface area contributed by atoms with Crippen molar-refractivity contribution in [3.05, 3.63) is 29.8 Å². The maximum absolute atomic E-state index is 5.17. The highest BCUT2D eigenvalue weighted by Crippen LogP contribution is 2.25. The molecule has 0 saturated carbocycles. The predicted molar refractivity (Wildman–Crippen MR) is 74.9 cm³/mol. The van der Waals surface area contributed by atoms with E-state index in [9.17, 15) is 0 Å². The van der Waals surface area contributed by atoms with Crippen LogP contribution in [0.1, 0.15) is 25.8 Å². The van der Waals surface area contributed by atoms with Crippen LogP contribution in [0.4, 0.5) is 0 Å². The number of methoxy groups -OCH3 is 1. The van der Waals surface area contributed by atoms with Crippen LogP contribution < -0.4 is 15.4 Å². The first kappa shape index (κ1) is 13.4. The first-order chi connectivity index (χ1) is 8.62. The molecule has 3 nitrogen and oxygen atoms in total. The smallest absolute Gasteiger partial charge is 0.118 e. The zero-order valence-corrected chi connectivity index (χ0v) is 11.6. The van der Waals surface area contributed by atoms with Gasteiger partial charge in [-0.15, -0.1) is 0 Å². The molecule has 1 aliphatic heterocycles. The van der Waals surface area contributed by atoms with Crippen LogP contribution in [0.15, 0.2) is 24.3 Å². The molecule has 1 unspecified atom stereocenters. The fourth-order valence-corrected chi connectivity index (χ4v) is 2.53. The molecule has 1 aliphatic rings. The van der Waals surface area contributed by atoms with Crippen LogP contribution >= 0.6 is 0 Å². The maximum Gasteiger partial charge on any atom is 0.118 e. The first-order valence-electron chi connectivity index (χ1n) is 6.69. The molecule has 1 atom stereocenters. The van der Waals surface area contributed by atoms with Crippen molar-refractivity contribution in [1.82, 2.24) is 10.6 Å². The van der Waals surface area contributed by atoms with Crippen LogP contribution in [-0.2, 0) is 6.54 Å². The standard InChI is InChI=1S/C15H24N2O/c1-15(2)11-16-9-8-14(15)17-10-12-4-6-13(18-3)7-5-12/h4-7,14,16-17H,8-11H2,1-3H3. The SMILES string of the molecule is COc1ccc(CNC2CCNCC2(C)C)cc1. The molecule has 3 heteroatoms. The van der Waals surface area contributed by atoms with E-state index in [0.29, 0.717) is 11.5 Å². The Labute approximate surface area is 110 Å². The van der Waals surface area contributed by atoms with Gasteiger partial charge in [0.1, 0.15) is 5.75 Å². The monoisotopic (exact) mass is 248 g/mol. The number of rotatable bonds is 4. The number of benzene rings is 1. The van der Waals surface area contributed by atoms with Crippen LogP contribution in [-0.4, -0.2) is 26.2 Å². The Bertz CT molecular complexity index is 373. The first-order valence-corrected chi connectivity index (χ1v) is 6.69. The number of hydrogen-bond donors (Lipinski definition) is 2. The van der Waals surface area contributed by atoms with Gasteiger partial charge in [-0.3, -0.25) is 0 Å². The zero-order valence-electron chi connectivity index (χ0n) is 11.6. The van der Waals surface area contributed by atoms with E-state index in [1.807, 2.05) is 12.1 Å². The van der Waals surface area contributed by atoms with Gasteiger partial charge < -0.3 is 15.4 Å². The van der Waals surface area contributed by atoms with Gasteiger partial charge in [-0.05, 0) is 36.1 Å². The van der Waals surface area contributed by atoms with Crippen LogP contribution in [0, 0.1) is 5.41 Å². The van der Waals surface area contributed by atoms with E-state index >= 15 is 0 Å². The van der Waals surface area contributed by atoms with Gasteiger partial charge in [-0.2, -0.15) is 0 Å². The largest absolute Gasteiger partial charge is 0.497 e. The summed E-state index contributed by atoms with van der Waals surface area (Å²) in [6, 6.07) is 8.87. The van der Waals surface area contributed by atoms with E-state index in [1.165, 1.54) is 12.0 Å². The molecule has 1 aromatic rings. The van der Waals surface area contributed by atoms with Crippen molar-refractivity contribution in [2.45, 2.75) is 32.9 Å². The number of hydrogen-bond acceptors (Lipinski definition) is 3. The Hall–Kier alpha value is -1.06. The summed E-state index contributed by atoms with van der Waals surface area (Å²) in [5.41, 5.74) is 1.63. The summed E-state index contributed by atoms with van der Waals surface area (Å²) >= 11 is 0. The third-order valence-electron chi connectivity index (χ3n) is 3.85. The van der Waals surface area contributed by atoms with Gasteiger partial charge in [-0.1, -0.05) is 26.0 Å². The van der Waals surface area contributed by atoms with Crippen molar-refractivity contribution in [2.75, 3.05) is 20.2 Å². The van der Waals surface area contributed by atoms with Crippen LogP contribution in [0.2, 0.25) is 0 Å². The molecular formula is C15H24N2O. The lowest BCUT2D eigenvalue weighted by molar-refractivity contribution is 0.184. The Kier molecular flexibility index (Phi) is 4.25. The predicted octanol–water partition coefficient (Wildman–Crippen LogP) is 2.17. The van der Waals surface area contributed by atoms with E-state index < -0.39 is 0 Å². The zero-order chi connectivity index (χ0) is 13.0. The van der Waals surface area contributed by atoms with Gasteiger partial charge in [-0.25, -0.2) is 0 Å². The molecule has 2 rings (SSSR count). The topological polar surface area (TPSA) is 33.3 Å². The molecule has 0 aliphatic carbocycles. The van der Waals surface area contributed by atoms with E-state index in [1.54, 1.807) is 7.11 Å². The van der Waals surface area contributed by atoms with Gasteiger partial charge in [0.15, 0.2) is 0 Å². The number of piperidine rings is 1. The third kappa shape index (κ3) is 3.24. The van der Waals surface area contributed by atoms with Crippen molar-refractivity contribution in [1.29, 1.82) is 0 Å². The van der Waals surface area contributed by atoms with Gasteiger partial charge >= 0.3 is 0 Å².